The lowest BCUT2D eigenvalue weighted by Gasteiger charge is -2.57. The highest BCUT2D eigenvalue weighted by molar-refractivity contribution is 5.01. The van der Waals surface area contributed by atoms with Crippen LogP contribution >= 0.6 is 0 Å². The van der Waals surface area contributed by atoms with Crippen molar-refractivity contribution in [1.82, 2.24) is 10.2 Å². The number of nitrogens with one attached hydrogen (secondary N) is 1. The number of hydrogen-bond acceptors (Lipinski definition) is 2. The van der Waals surface area contributed by atoms with E-state index in [1.807, 2.05) is 0 Å². The van der Waals surface area contributed by atoms with Crippen LogP contribution in [0, 0.1) is 29.6 Å². The first-order valence-corrected chi connectivity index (χ1v) is 8.26. The summed E-state index contributed by atoms with van der Waals surface area (Å²) in [5.74, 6) is 5.46. The minimum atomic E-state index is 0.849. The highest BCUT2D eigenvalue weighted by Crippen LogP contribution is 2.57. The Hall–Kier alpha value is -0.0800. The molecule has 2 nitrogen and oxygen atoms in total. The summed E-state index contributed by atoms with van der Waals surface area (Å²) in [4.78, 5) is 2.78. The second kappa shape index (κ2) is 4.49. The van der Waals surface area contributed by atoms with Crippen LogP contribution in [-0.4, -0.2) is 37.1 Å². The molecule has 0 amide bonds. The van der Waals surface area contributed by atoms with Crippen molar-refractivity contribution in [3.05, 3.63) is 0 Å². The normalized spacial score (nSPS) is 49.5. The summed E-state index contributed by atoms with van der Waals surface area (Å²) >= 11 is 0. The summed E-state index contributed by atoms with van der Waals surface area (Å²) < 4.78 is 0. The monoisotopic (exact) mass is 248 g/mol. The minimum Gasteiger partial charge on any atom is -0.314 e. The standard InChI is InChI=1S/C16H28N2/c1-11(18-4-2-17-3-5-18)16-14-7-12-6-13(9-14)10-15(16)8-12/h11-17H,2-10H2,1H3. The summed E-state index contributed by atoms with van der Waals surface area (Å²) in [5.41, 5.74) is 0. The Kier molecular flexibility index (Phi) is 2.92. The van der Waals surface area contributed by atoms with Crippen LogP contribution < -0.4 is 5.32 Å². The number of hydrogen-bond donors (Lipinski definition) is 1. The maximum absolute atomic E-state index is 3.50. The zero-order valence-electron chi connectivity index (χ0n) is 11.8. The van der Waals surface area contributed by atoms with E-state index in [4.69, 9.17) is 0 Å². The highest BCUT2D eigenvalue weighted by atomic mass is 15.2. The Balaban J connectivity index is 1.50. The summed E-state index contributed by atoms with van der Waals surface area (Å²) in [6, 6.07) is 0.849. The fraction of sp³-hybridized carbons (Fsp3) is 1.00. The molecule has 18 heavy (non-hydrogen) atoms. The van der Waals surface area contributed by atoms with Gasteiger partial charge in [-0.3, -0.25) is 4.90 Å². The first-order chi connectivity index (χ1) is 8.81. The van der Waals surface area contributed by atoms with Crippen LogP contribution in [0.25, 0.3) is 0 Å². The topological polar surface area (TPSA) is 15.3 Å². The molecule has 1 N–H and O–H groups in total. The molecule has 1 saturated heterocycles. The van der Waals surface area contributed by atoms with Crippen molar-refractivity contribution >= 4 is 0 Å². The molecule has 1 atom stereocenters. The molecule has 0 spiro atoms. The van der Waals surface area contributed by atoms with Gasteiger partial charge in [0.2, 0.25) is 0 Å². The van der Waals surface area contributed by atoms with E-state index < -0.39 is 0 Å². The van der Waals surface area contributed by atoms with Crippen molar-refractivity contribution in [3.8, 4) is 0 Å². The molecule has 1 unspecified atom stereocenters. The first-order valence-electron chi connectivity index (χ1n) is 8.26. The van der Waals surface area contributed by atoms with Crippen molar-refractivity contribution in [3.63, 3.8) is 0 Å². The molecule has 1 aliphatic heterocycles. The molecule has 0 radical (unpaired) electrons. The van der Waals surface area contributed by atoms with Gasteiger partial charge in [0.25, 0.3) is 0 Å². The maximum Gasteiger partial charge on any atom is 0.0110 e. The molecule has 2 heteroatoms. The molecular formula is C16H28N2. The summed E-state index contributed by atoms with van der Waals surface area (Å²) in [6.45, 7) is 7.52. The highest BCUT2D eigenvalue weighted by Gasteiger charge is 2.50. The van der Waals surface area contributed by atoms with Gasteiger partial charge >= 0.3 is 0 Å². The van der Waals surface area contributed by atoms with Gasteiger partial charge in [-0.1, -0.05) is 0 Å². The molecular weight excluding hydrogens is 220 g/mol. The maximum atomic E-state index is 3.50. The fourth-order valence-electron chi connectivity index (χ4n) is 6.09. The minimum absolute atomic E-state index is 0.849. The van der Waals surface area contributed by atoms with Crippen molar-refractivity contribution in [2.45, 2.75) is 45.1 Å². The van der Waals surface area contributed by atoms with E-state index in [1.165, 1.54) is 26.2 Å². The smallest absolute Gasteiger partial charge is 0.0110 e. The zero-order valence-corrected chi connectivity index (χ0v) is 11.8. The largest absolute Gasteiger partial charge is 0.314 e. The molecule has 5 rings (SSSR count). The first kappa shape index (κ1) is 11.7. The Morgan fingerprint density at radius 3 is 2.00 bits per heavy atom. The summed E-state index contributed by atoms with van der Waals surface area (Å²) in [6.07, 6.45) is 7.89. The van der Waals surface area contributed by atoms with Gasteiger partial charge in [0, 0.05) is 32.2 Å². The molecule has 0 aromatic rings. The van der Waals surface area contributed by atoms with Crippen molar-refractivity contribution in [2.75, 3.05) is 26.2 Å². The SMILES string of the molecule is CC(C1C2CC3CC(C2)CC1C3)N1CCNCC1. The van der Waals surface area contributed by atoms with E-state index in [1.54, 1.807) is 32.1 Å². The van der Waals surface area contributed by atoms with Crippen molar-refractivity contribution < 1.29 is 0 Å². The van der Waals surface area contributed by atoms with E-state index in [0.29, 0.717) is 0 Å². The zero-order chi connectivity index (χ0) is 12.1. The van der Waals surface area contributed by atoms with Gasteiger partial charge in [0.05, 0.1) is 0 Å². The van der Waals surface area contributed by atoms with Crippen molar-refractivity contribution in [2.24, 2.45) is 29.6 Å². The molecule has 1 heterocycles. The molecule has 5 aliphatic rings. The van der Waals surface area contributed by atoms with Gasteiger partial charge in [0.15, 0.2) is 0 Å². The number of rotatable bonds is 2. The Bertz CT molecular complexity index is 280. The van der Waals surface area contributed by atoms with E-state index in [-0.39, 0.29) is 0 Å². The number of nitrogens with zero attached hydrogens (tertiary/aromatic N) is 1. The summed E-state index contributed by atoms with van der Waals surface area (Å²) in [7, 11) is 0. The van der Waals surface area contributed by atoms with E-state index in [2.05, 4.69) is 17.1 Å². The quantitative estimate of drug-likeness (QED) is 0.807. The Morgan fingerprint density at radius 1 is 0.889 bits per heavy atom. The van der Waals surface area contributed by atoms with Gasteiger partial charge in [0.1, 0.15) is 0 Å². The second-order valence-electron chi connectivity index (χ2n) is 7.53. The van der Waals surface area contributed by atoms with E-state index >= 15 is 0 Å². The Labute approximate surface area is 111 Å². The predicted molar refractivity (Wildman–Crippen MR) is 74.4 cm³/mol. The van der Waals surface area contributed by atoms with Gasteiger partial charge in [-0.05, 0) is 68.6 Å². The van der Waals surface area contributed by atoms with Gasteiger partial charge in [-0.15, -0.1) is 0 Å². The molecule has 0 aromatic heterocycles. The molecule has 4 saturated carbocycles. The third kappa shape index (κ3) is 1.84. The molecule has 5 fully saturated rings. The third-order valence-electron chi connectivity index (χ3n) is 6.58. The second-order valence-corrected chi connectivity index (χ2v) is 7.53. The fourth-order valence-corrected chi connectivity index (χ4v) is 6.09. The molecule has 102 valence electrons. The average Bonchev–Trinajstić information content (AvgIpc) is 2.38. The van der Waals surface area contributed by atoms with Crippen molar-refractivity contribution in [1.29, 1.82) is 0 Å². The van der Waals surface area contributed by atoms with Gasteiger partial charge < -0.3 is 5.32 Å². The summed E-state index contributed by atoms with van der Waals surface area (Å²) in [5, 5.41) is 3.50. The predicted octanol–water partition coefficient (Wildman–Crippen LogP) is 2.35. The van der Waals surface area contributed by atoms with Crippen LogP contribution in [0.4, 0.5) is 0 Å². The van der Waals surface area contributed by atoms with Crippen LogP contribution in [0.2, 0.25) is 0 Å². The molecule has 4 aliphatic carbocycles. The lowest BCUT2D eigenvalue weighted by atomic mass is 9.50. The van der Waals surface area contributed by atoms with E-state index in [9.17, 15) is 0 Å². The lowest BCUT2D eigenvalue weighted by molar-refractivity contribution is -0.0717. The van der Waals surface area contributed by atoms with Gasteiger partial charge in [-0.2, -0.15) is 0 Å². The third-order valence-corrected chi connectivity index (χ3v) is 6.58. The van der Waals surface area contributed by atoms with E-state index in [0.717, 1.165) is 35.6 Å². The number of piperazine rings is 1. The van der Waals surface area contributed by atoms with Crippen LogP contribution in [0.5, 0.6) is 0 Å². The van der Waals surface area contributed by atoms with Crippen LogP contribution in [0.1, 0.15) is 39.0 Å². The van der Waals surface area contributed by atoms with Crippen LogP contribution in [0.3, 0.4) is 0 Å². The Morgan fingerprint density at radius 2 is 1.44 bits per heavy atom. The van der Waals surface area contributed by atoms with Gasteiger partial charge in [-0.25, -0.2) is 0 Å². The molecule has 0 aromatic carbocycles. The molecule has 4 bridgehead atoms. The van der Waals surface area contributed by atoms with Crippen LogP contribution in [0.15, 0.2) is 0 Å². The average molecular weight is 248 g/mol. The van der Waals surface area contributed by atoms with Crippen LogP contribution in [-0.2, 0) is 0 Å². The lowest BCUT2D eigenvalue weighted by Crippen LogP contribution is -2.56.